The minimum absolute atomic E-state index is 0.0171. The van der Waals surface area contributed by atoms with Crippen molar-refractivity contribution in [3.05, 3.63) is 47.5 Å². The predicted molar refractivity (Wildman–Crippen MR) is 80.1 cm³/mol. The maximum atomic E-state index is 13.8. The molecule has 1 aromatic carbocycles. The lowest BCUT2D eigenvalue weighted by Crippen LogP contribution is -2.14. The van der Waals surface area contributed by atoms with Gasteiger partial charge in [0, 0.05) is 25.5 Å². The van der Waals surface area contributed by atoms with Crippen LogP contribution < -0.4 is 10.0 Å². The molecule has 1 heterocycles. The van der Waals surface area contributed by atoms with E-state index < -0.39 is 15.8 Å². The molecule has 0 unspecified atom stereocenters. The molecular weight excluding hydrogens is 293 g/mol. The number of aromatic nitrogens is 1. The van der Waals surface area contributed by atoms with Gasteiger partial charge in [0.1, 0.15) is 10.7 Å². The fraction of sp³-hybridized carbons (Fsp3) is 0.286. The summed E-state index contributed by atoms with van der Waals surface area (Å²) in [6, 6.07) is 5.98. The minimum Gasteiger partial charge on any atom is -0.352 e. The molecule has 0 fully saturated rings. The second kappa shape index (κ2) is 5.87. The zero-order chi connectivity index (χ0) is 15.6. The fourth-order valence-electron chi connectivity index (χ4n) is 2.04. The predicted octanol–water partition coefficient (Wildman–Crippen LogP) is 1.99. The molecule has 0 amide bonds. The third-order valence-electron chi connectivity index (χ3n) is 3.21. The zero-order valence-corrected chi connectivity index (χ0v) is 13.0. The molecule has 0 aliphatic carbocycles. The van der Waals surface area contributed by atoms with E-state index in [1.165, 1.54) is 18.3 Å². The number of nitrogens with zero attached hydrogens (tertiary/aromatic N) is 1. The number of sulfonamides is 1. The zero-order valence-electron chi connectivity index (χ0n) is 12.1. The Morgan fingerprint density at radius 1 is 1.33 bits per heavy atom. The summed E-state index contributed by atoms with van der Waals surface area (Å²) >= 11 is 0. The van der Waals surface area contributed by atoms with Crippen molar-refractivity contribution < 1.29 is 12.8 Å². The Bertz CT molecular complexity index is 733. The molecule has 0 saturated carbocycles. The monoisotopic (exact) mass is 311 g/mol. The van der Waals surface area contributed by atoms with Crippen LogP contribution in [0.15, 0.2) is 35.4 Å². The standard InChI is InChI=1S/C14H18FN3O2S/c1-10-5-4-6-13(15)14(10)17-21(19,20)12-7-11(8-16-2)18(3)9-12/h4-7,9,16-17H,8H2,1-3H3. The van der Waals surface area contributed by atoms with Crippen LogP contribution in [0.5, 0.6) is 0 Å². The van der Waals surface area contributed by atoms with E-state index in [0.717, 1.165) is 5.69 Å². The topological polar surface area (TPSA) is 63.1 Å². The lowest BCUT2D eigenvalue weighted by molar-refractivity contribution is 0.598. The highest BCUT2D eigenvalue weighted by atomic mass is 32.2. The highest BCUT2D eigenvalue weighted by Gasteiger charge is 2.20. The van der Waals surface area contributed by atoms with E-state index in [1.54, 1.807) is 37.7 Å². The van der Waals surface area contributed by atoms with Gasteiger partial charge in [-0.3, -0.25) is 4.72 Å². The number of hydrogen-bond acceptors (Lipinski definition) is 3. The molecule has 0 atom stereocenters. The Balaban J connectivity index is 2.37. The summed E-state index contributed by atoms with van der Waals surface area (Å²) in [5, 5.41) is 2.96. The molecule has 0 saturated heterocycles. The summed E-state index contributed by atoms with van der Waals surface area (Å²) < 4.78 is 42.5. The molecule has 0 spiro atoms. The van der Waals surface area contributed by atoms with Crippen molar-refractivity contribution in [2.45, 2.75) is 18.4 Å². The quantitative estimate of drug-likeness (QED) is 0.887. The lowest BCUT2D eigenvalue weighted by atomic mass is 10.2. The lowest BCUT2D eigenvalue weighted by Gasteiger charge is -2.10. The van der Waals surface area contributed by atoms with Gasteiger partial charge in [0.2, 0.25) is 0 Å². The first-order chi connectivity index (χ1) is 9.85. The Hall–Kier alpha value is -1.86. The van der Waals surface area contributed by atoms with E-state index in [1.807, 2.05) is 0 Å². The number of aryl methyl sites for hydroxylation is 2. The molecule has 2 N–H and O–H groups in total. The average molecular weight is 311 g/mol. The summed E-state index contributed by atoms with van der Waals surface area (Å²) in [7, 11) is -0.273. The molecule has 0 bridgehead atoms. The van der Waals surface area contributed by atoms with Gasteiger partial charge in [-0.1, -0.05) is 12.1 Å². The Morgan fingerprint density at radius 2 is 2.05 bits per heavy atom. The fourth-order valence-corrected chi connectivity index (χ4v) is 3.27. The molecule has 0 radical (unpaired) electrons. The summed E-state index contributed by atoms with van der Waals surface area (Å²) in [6.45, 7) is 2.20. The average Bonchev–Trinajstić information content (AvgIpc) is 2.77. The summed E-state index contributed by atoms with van der Waals surface area (Å²) in [6.07, 6.45) is 1.51. The van der Waals surface area contributed by atoms with Crippen LogP contribution in [0.1, 0.15) is 11.3 Å². The van der Waals surface area contributed by atoms with Gasteiger partial charge in [-0.15, -0.1) is 0 Å². The molecule has 7 heteroatoms. The number of nitrogens with one attached hydrogen (secondary N) is 2. The molecule has 2 aromatic rings. The maximum absolute atomic E-state index is 13.8. The van der Waals surface area contributed by atoms with Gasteiger partial charge < -0.3 is 9.88 Å². The largest absolute Gasteiger partial charge is 0.352 e. The van der Waals surface area contributed by atoms with Gasteiger partial charge in [0.25, 0.3) is 10.0 Å². The number of hydrogen-bond donors (Lipinski definition) is 2. The number of rotatable bonds is 5. The van der Waals surface area contributed by atoms with E-state index in [4.69, 9.17) is 0 Å². The van der Waals surface area contributed by atoms with Crippen LogP contribution >= 0.6 is 0 Å². The third-order valence-corrected chi connectivity index (χ3v) is 4.53. The molecule has 0 aliphatic heterocycles. The first-order valence-electron chi connectivity index (χ1n) is 6.43. The first-order valence-corrected chi connectivity index (χ1v) is 7.91. The summed E-state index contributed by atoms with van der Waals surface area (Å²) in [5.74, 6) is -0.593. The SMILES string of the molecule is CNCc1cc(S(=O)(=O)Nc2c(C)cccc2F)cn1C. The molecule has 1 aromatic heterocycles. The van der Waals surface area contributed by atoms with Crippen LogP contribution in [0.3, 0.4) is 0 Å². The first kappa shape index (κ1) is 15.5. The molecule has 21 heavy (non-hydrogen) atoms. The van der Waals surface area contributed by atoms with Crippen molar-refractivity contribution in [2.24, 2.45) is 7.05 Å². The Morgan fingerprint density at radius 3 is 2.67 bits per heavy atom. The van der Waals surface area contributed by atoms with Gasteiger partial charge in [-0.25, -0.2) is 12.8 Å². The van der Waals surface area contributed by atoms with Crippen molar-refractivity contribution in [2.75, 3.05) is 11.8 Å². The van der Waals surface area contributed by atoms with Gasteiger partial charge in [-0.05, 0) is 31.7 Å². The van der Waals surface area contributed by atoms with E-state index in [2.05, 4.69) is 10.0 Å². The highest BCUT2D eigenvalue weighted by molar-refractivity contribution is 7.92. The van der Waals surface area contributed by atoms with Gasteiger partial charge in [0.05, 0.1) is 5.69 Å². The van der Waals surface area contributed by atoms with Crippen LogP contribution in [-0.4, -0.2) is 20.0 Å². The van der Waals surface area contributed by atoms with Crippen LogP contribution in [-0.2, 0) is 23.6 Å². The smallest absolute Gasteiger partial charge is 0.263 e. The van der Waals surface area contributed by atoms with E-state index in [-0.39, 0.29) is 10.6 Å². The Labute approximate surface area is 123 Å². The van der Waals surface area contributed by atoms with Crippen molar-refractivity contribution in [1.82, 2.24) is 9.88 Å². The number of para-hydroxylation sites is 1. The number of halogens is 1. The molecule has 2 rings (SSSR count). The van der Waals surface area contributed by atoms with Gasteiger partial charge in [-0.2, -0.15) is 0 Å². The van der Waals surface area contributed by atoms with Crippen LogP contribution in [0.2, 0.25) is 0 Å². The molecule has 5 nitrogen and oxygen atoms in total. The van der Waals surface area contributed by atoms with Crippen LogP contribution in [0, 0.1) is 12.7 Å². The van der Waals surface area contributed by atoms with Gasteiger partial charge in [0.15, 0.2) is 0 Å². The summed E-state index contributed by atoms with van der Waals surface area (Å²) in [4.78, 5) is 0.109. The molecule has 114 valence electrons. The van der Waals surface area contributed by atoms with E-state index >= 15 is 0 Å². The molecule has 0 aliphatic rings. The third kappa shape index (κ3) is 3.25. The normalized spacial score (nSPS) is 11.6. The van der Waals surface area contributed by atoms with Gasteiger partial charge >= 0.3 is 0 Å². The maximum Gasteiger partial charge on any atom is 0.263 e. The van der Waals surface area contributed by atoms with Crippen molar-refractivity contribution in [1.29, 1.82) is 0 Å². The summed E-state index contributed by atoms with van der Waals surface area (Å²) in [5.41, 5.74) is 1.34. The van der Waals surface area contributed by atoms with E-state index in [9.17, 15) is 12.8 Å². The van der Waals surface area contributed by atoms with Crippen LogP contribution in [0.25, 0.3) is 0 Å². The second-order valence-electron chi connectivity index (χ2n) is 4.85. The highest BCUT2D eigenvalue weighted by Crippen LogP contribution is 2.23. The minimum atomic E-state index is -3.82. The second-order valence-corrected chi connectivity index (χ2v) is 6.53. The molecular formula is C14H18FN3O2S. The van der Waals surface area contributed by atoms with Crippen molar-refractivity contribution >= 4 is 15.7 Å². The van der Waals surface area contributed by atoms with Crippen molar-refractivity contribution in [3.63, 3.8) is 0 Å². The number of anilines is 1. The van der Waals surface area contributed by atoms with Crippen molar-refractivity contribution in [3.8, 4) is 0 Å². The number of benzene rings is 1. The van der Waals surface area contributed by atoms with Crippen LogP contribution in [0.4, 0.5) is 10.1 Å². The van der Waals surface area contributed by atoms with E-state index in [0.29, 0.717) is 12.1 Å². The Kier molecular flexibility index (Phi) is 4.34.